The second kappa shape index (κ2) is 6.46. The molecule has 106 valence electrons. The number of rotatable bonds is 6. The first-order chi connectivity index (χ1) is 9.58. The maximum atomic E-state index is 12.8. The van der Waals surface area contributed by atoms with Gasteiger partial charge in [-0.3, -0.25) is 9.48 Å². The quantitative estimate of drug-likeness (QED) is 0.809. The smallest absolute Gasteiger partial charge is 0.143 e. The van der Waals surface area contributed by atoms with Crippen LogP contribution in [0.5, 0.6) is 0 Å². The summed E-state index contributed by atoms with van der Waals surface area (Å²) in [6.07, 6.45) is 3.55. The Kier molecular flexibility index (Phi) is 4.66. The van der Waals surface area contributed by atoms with Gasteiger partial charge in [0.25, 0.3) is 0 Å². The minimum Gasteiger partial charge on any atom is -0.299 e. The van der Waals surface area contributed by atoms with E-state index in [-0.39, 0.29) is 11.6 Å². The molecule has 2 rings (SSSR count). The maximum Gasteiger partial charge on any atom is 0.143 e. The number of nitrogens with zero attached hydrogens (tertiary/aromatic N) is 2. The van der Waals surface area contributed by atoms with Crippen LogP contribution in [0.2, 0.25) is 0 Å². The van der Waals surface area contributed by atoms with Gasteiger partial charge < -0.3 is 0 Å². The van der Waals surface area contributed by atoms with E-state index >= 15 is 0 Å². The predicted octanol–water partition coefficient (Wildman–Crippen LogP) is 3.35. The van der Waals surface area contributed by atoms with Crippen molar-refractivity contribution in [1.29, 1.82) is 0 Å². The average Bonchev–Trinajstić information content (AvgIpc) is 2.89. The van der Waals surface area contributed by atoms with E-state index in [1.54, 1.807) is 12.1 Å². The third-order valence-corrected chi connectivity index (χ3v) is 3.40. The van der Waals surface area contributed by atoms with Crippen molar-refractivity contribution in [3.05, 3.63) is 53.6 Å². The van der Waals surface area contributed by atoms with Gasteiger partial charge in [-0.2, -0.15) is 5.10 Å². The van der Waals surface area contributed by atoms with Crippen molar-refractivity contribution in [2.45, 2.75) is 39.2 Å². The topological polar surface area (TPSA) is 34.9 Å². The van der Waals surface area contributed by atoms with E-state index in [2.05, 4.69) is 18.9 Å². The number of hydrogen-bond donors (Lipinski definition) is 0. The summed E-state index contributed by atoms with van der Waals surface area (Å²) in [5.74, 6) is -0.195. The van der Waals surface area contributed by atoms with E-state index in [9.17, 15) is 9.18 Å². The van der Waals surface area contributed by atoms with Crippen LogP contribution in [0.25, 0.3) is 0 Å². The monoisotopic (exact) mass is 274 g/mol. The fraction of sp³-hybridized carbons (Fsp3) is 0.375. The summed E-state index contributed by atoms with van der Waals surface area (Å²) in [7, 11) is 0. The molecule has 0 saturated carbocycles. The van der Waals surface area contributed by atoms with Gasteiger partial charge in [-0.1, -0.05) is 19.1 Å². The highest BCUT2D eigenvalue weighted by atomic mass is 19.1. The van der Waals surface area contributed by atoms with Crippen LogP contribution < -0.4 is 0 Å². The van der Waals surface area contributed by atoms with Crippen molar-refractivity contribution < 1.29 is 9.18 Å². The molecule has 0 aliphatic heterocycles. The van der Waals surface area contributed by atoms with E-state index < -0.39 is 0 Å². The summed E-state index contributed by atoms with van der Waals surface area (Å²) >= 11 is 0. The number of Topliss-reactive ketones (excluding diaryl/α,β-unsaturated/α-hetero) is 1. The van der Waals surface area contributed by atoms with Crippen LogP contribution in [0.1, 0.15) is 37.6 Å². The zero-order valence-corrected chi connectivity index (χ0v) is 11.8. The van der Waals surface area contributed by atoms with Crippen LogP contribution in [0.15, 0.2) is 36.5 Å². The fourth-order valence-corrected chi connectivity index (χ4v) is 2.00. The first kappa shape index (κ1) is 14.4. The SMILES string of the molecule is CCC(C)n1ccc(CC(=O)Cc2ccc(F)cc2)n1. The highest BCUT2D eigenvalue weighted by Gasteiger charge is 2.09. The molecule has 1 atom stereocenters. The number of carbonyl (C=O) groups excluding carboxylic acids is 1. The van der Waals surface area contributed by atoms with Crippen LogP contribution in [-0.2, 0) is 17.6 Å². The molecule has 1 heterocycles. The first-order valence-electron chi connectivity index (χ1n) is 6.88. The minimum absolute atomic E-state index is 0.0889. The Morgan fingerprint density at radius 2 is 1.95 bits per heavy atom. The molecule has 0 bridgehead atoms. The van der Waals surface area contributed by atoms with Gasteiger partial charge in [0.05, 0.1) is 12.1 Å². The Bertz CT molecular complexity index is 574. The molecule has 0 fully saturated rings. The second-order valence-corrected chi connectivity index (χ2v) is 5.06. The Balaban J connectivity index is 1.94. The Labute approximate surface area is 118 Å². The molecule has 3 nitrogen and oxygen atoms in total. The molecule has 1 aromatic heterocycles. The summed E-state index contributed by atoms with van der Waals surface area (Å²) < 4.78 is 14.7. The number of aromatic nitrogens is 2. The molecule has 20 heavy (non-hydrogen) atoms. The van der Waals surface area contributed by atoms with Crippen molar-refractivity contribution in [3.63, 3.8) is 0 Å². The lowest BCUT2D eigenvalue weighted by molar-refractivity contribution is -0.117. The number of carbonyl (C=O) groups is 1. The first-order valence-corrected chi connectivity index (χ1v) is 6.88. The summed E-state index contributed by atoms with van der Waals surface area (Å²) in [5.41, 5.74) is 1.62. The molecule has 0 aliphatic rings. The van der Waals surface area contributed by atoms with Crippen molar-refractivity contribution in [2.24, 2.45) is 0 Å². The van der Waals surface area contributed by atoms with Gasteiger partial charge in [-0.05, 0) is 37.1 Å². The van der Waals surface area contributed by atoms with E-state index in [1.807, 2.05) is 16.9 Å². The van der Waals surface area contributed by atoms with Gasteiger partial charge in [-0.25, -0.2) is 4.39 Å². The van der Waals surface area contributed by atoms with E-state index in [1.165, 1.54) is 12.1 Å². The maximum absolute atomic E-state index is 12.8. The van der Waals surface area contributed by atoms with Gasteiger partial charge in [0.15, 0.2) is 0 Å². The Morgan fingerprint density at radius 1 is 1.25 bits per heavy atom. The lowest BCUT2D eigenvalue weighted by Gasteiger charge is -2.08. The lowest BCUT2D eigenvalue weighted by Crippen LogP contribution is -2.09. The summed E-state index contributed by atoms with van der Waals surface area (Å²) in [6, 6.07) is 8.27. The van der Waals surface area contributed by atoms with Gasteiger partial charge in [0, 0.05) is 18.7 Å². The van der Waals surface area contributed by atoms with Gasteiger partial charge in [0.1, 0.15) is 11.6 Å². The number of ketones is 1. The predicted molar refractivity (Wildman–Crippen MR) is 76.0 cm³/mol. The molecule has 1 aromatic carbocycles. The van der Waals surface area contributed by atoms with E-state index in [4.69, 9.17) is 0 Å². The zero-order valence-electron chi connectivity index (χ0n) is 11.8. The fourth-order valence-electron chi connectivity index (χ4n) is 2.00. The second-order valence-electron chi connectivity index (χ2n) is 5.06. The molecular formula is C16H19FN2O. The zero-order chi connectivity index (χ0) is 14.5. The number of hydrogen-bond acceptors (Lipinski definition) is 2. The van der Waals surface area contributed by atoms with Crippen molar-refractivity contribution in [3.8, 4) is 0 Å². The average molecular weight is 274 g/mol. The molecule has 4 heteroatoms. The standard InChI is InChI=1S/C16H19FN2O/c1-3-12(2)19-9-8-15(18-19)11-16(20)10-13-4-6-14(17)7-5-13/h4-9,12H,3,10-11H2,1-2H3. The van der Waals surface area contributed by atoms with Gasteiger partial charge in [-0.15, -0.1) is 0 Å². The third kappa shape index (κ3) is 3.76. The largest absolute Gasteiger partial charge is 0.299 e. The highest BCUT2D eigenvalue weighted by molar-refractivity contribution is 5.82. The van der Waals surface area contributed by atoms with Crippen molar-refractivity contribution in [2.75, 3.05) is 0 Å². The highest BCUT2D eigenvalue weighted by Crippen LogP contribution is 2.11. The minimum atomic E-state index is -0.284. The Hall–Kier alpha value is -1.97. The van der Waals surface area contributed by atoms with Crippen LogP contribution in [0, 0.1) is 5.82 Å². The molecule has 0 saturated heterocycles. The molecule has 0 N–H and O–H groups in total. The molecule has 0 radical (unpaired) electrons. The number of halogens is 1. The van der Waals surface area contributed by atoms with E-state index in [0.29, 0.717) is 18.9 Å². The van der Waals surface area contributed by atoms with Crippen LogP contribution in [0.4, 0.5) is 4.39 Å². The van der Waals surface area contributed by atoms with Crippen LogP contribution >= 0.6 is 0 Å². The van der Waals surface area contributed by atoms with Crippen LogP contribution in [-0.4, -0.2) is 15.6 Å². The van der Waals surface area contributed by atoms with Crippen LogP contribution in [0.3, 0.4) is 0 Å². The molecule has 0 amide bonds. The third-order valence-electron chi connectivity index (χ3n) is 3.40. The van der Waals surface area contributed by atoms with Gasteiger partial charge in [0.2, 0.25) is 0 Å². The molecule has 1 unspecified atom stereocenters. The van der Waals surface area contributed by atoms with Crippen molar-refractivity contribution >= 4 is 5.78 Å². The summed E-state index contributed by atoms with van der Waals surface area (Å²) in [5, 5.41) is 4.41. The van der Waals surface area contributed by atoms with Gasteiger partial charge >= 0.3 is 0 Å². The van der Waals surface area contributed by atoms with E-state index in [0.717, 1.165) is 17.7 Å². The lowest BCUT2D eigenvalue weighted by atomic mass is 10.1. The molecule has 2 aromatic rings. The van der Waals surface area contributed by atoms with Crippen molar-refractivity contribution in [1.82, 2.24) is 9.78 Å². The molecule has 0 aliphatic carbocycles. The molecular weight excluding hydrogens is 255 g/mol. The molecule has 0 spiro atoms. The normalized spacial score (nSPS) is 12.3. The summed E-state index contributed by atoms with van der Waals surface area (Å²) in [6.45, 7) is 4.20. The number of benzene rings is 1. The summed E-state index contributed by atoms with van der Waals surface area (Å²) in [4.78, 5) is 12.0. The Morgan fingerprint density at radius 3 is 2.60 bits per heavy atom.